The molecule has 1 aliphatic carbocycles. The molecule has 1 N–H and O–H groups in total. The number of amides is 1. The molecule has 2 fully saturated rings. The van der Waals surface area contributed by atoms with Crippen molar-refractivity contribution in [2.75, 3.05) is 13.1 Å². The van der Waals surface area contributed by atoms with Crippen molar-refractivity contribution in [3.63, 3.8) is 0 Å². The highest BCUT2D eigenvalue weighted by molar-refractivity contribution is 5.59. The van der Waals surface area contributed by atoms with E-state index in [1.54, 1.807) is 13.1 Å². The Bertz CT molecular complexity index is 1110. The lowest BCUT2D eigenvalue weighted by molar-refractivity contribution is -0.117. The molecule has 152 valence electrons. The third-order valence-electron chi connectivity index (χ3n) is 5.94. The smallest absolute Gasteiger partial charge is 0.209 e. The molecular weight excluding hydrogens is 380 g/mol. The molecule has 2 aromatic heterocycles. The highest BCUT2D eigenvalue weighted by Gasteiger charge is 2.54. The second-order valence-corrected chi connectivity index (χ2v) is 8.03. The van der Waals surface area contributed by atoms with Crippen LogP contribution in [0.1, 0.15) is 30.1 Å². The van der Waals surface area contributed by atoms with Crippen LogP contribution in [0.25, 0.3) is 11.3 Å². The van der Waals surface area contributed by atoms with Crippen molar-refractivity contribution in [2.24, 2.45) is 17.8 Å². The third-order valence-corrected chi connectivity index (χ3v) is 5.94. The maximum atomic E-state index is 10.8. The summed E-state index contributed by atoms with van der Waals surface area (Å²) in [5.74, 6) is 9.45. The van der Waals surface area contributed by atoms with E-state index in [0.29, 0.717) is 35.9 Å². The molecule has 1 aliphatic heterocycles. The van der Waals surface area contributed by atoms with Gasteiger partial charge >= 0.3 is 0 Å². The summed E-state index contributed by atoms with van der Waals surface area (Å²) >= 11 is 0. The summed E-state index contributed by atoms with van der Waals surface area (Å²) in [7, 11) is 0. The first kappa shape index (κ1) is 18.6. The Morgan fingerprint density at radius 3 is 2.77 bits per heavy atom. The SMILES string of the molecule is C[C@H](O)c1nccn1Cc1cc(-c2ccc(C#C[C@@H]3C4CN(C=O)C[C@H]43)cc2)on1. The zero-order valence-corrected chi connectivity index (χ0v) is 16.6. The molecule has 5 rings (SSSR count). The molecule has 1 saturated carbocycles. The molecule has 30 heavy (non-hydrogen) atoms. The number of aliphatic hydroxyl groups is 1. The van der Waals surface area contributed by atoms with E-state index in [9.17, 15) is 9.90 Å². The van der Waals surface area contributed by atoms with Crippen molar-refractivity contribution < 1.29 is 14.4 Å². The van der Waals surface area contributed by atoms with Gasteiger partial charge in [-0.15, -0.1) is 0 Å². The molecule has 3 aromatic rings. The third kappa shape index (κ3) is 3.51. The number of aliphatic hydroxyl groups excluding tert-OH is 1. The fourth-order valence-electron chi connectivity index (χ4n) is 4.26. The van der Waals surface area contributed by atoms with Crippen molar-refractivity contribution >= 4 is 6.41 Å². The molecule has 7 heteroatoms. The van der Waals surface area contributed by atoms with Gasteiger partial charge in [0.1, 0.15) is 17.6 Å². The van der Waals surface area contributed by atoms with Crippen molar-refractivity contribution in [3.8, 4) is 23.2 Å². The molecule has 0 radical (unpaired) electrons. The average molecular weight is 402 g/mol. The minimum absolute atomic E-state index is 0.424. The van der Waals surface area contributed by atoms with Gasteiger partial charge in [-0.1, -0.05) is 17.0 Å². The standard InChI is InChI=1S/C23H22N4O3/c1-15(29)23-24-8-9-27(23)11-18-10-22(30-25-18)17-5-2-16(3-6-17)4-7-19-20-12-26(14-28)13-21(19)20/h2-3,5-6,8-10,14-15,19-21,29H,11-13H2,1H3/t15-,19-,20-,21?/m0/s1. The van der Waals surface area contributed by atoms with E-state index in [2.05, 4.69) is 22.0 Å². The minimum atomic E-state index is -0.640. The van der Waals surface area contributed by atoms with Crippen LogP contribution in [0.4, 0.5) is 0 Å². The first-order valence-corrected chi connectivity index (χ1v) is 10.1. The molecule has 3 heterocycles. The maximum absolute atomic E-state index is 10.8. The number of carbonyl (C=O) groups excluding carboxylic acids is 1. The summed E-state index contributed by atoms with van der Waals surface area (Å²) in [6, 6.07) is 9.84. The number of likely N-dealkylation sites (tertiary alicyclic amines) is 1. The van der Waals surface area contributed by atoms with Gasteiger partial charge in [0.25, 0.3) is 0 Å². The van der Waals surface area contributed by atoms with Crippen LogP contribution in [0.3, 0.4) is 0 Å². The van der Waals surface area contributed by atoms with E-state index >= 15 is 0 Å². The van der Waals surface area contributed by atoms with Gasteiger partial charge in [-0.3, -0.25) is 4.79 Å². The van der Waals surface area contributed by atoms with Gasteiger partial charge in [0.15, 0.2) is 5.76 Å². The van der Waals surface area contributed by atoms with Gasteiger partial charge < -0.3 is 19.1 Å². The quantitative estimate of drug-likeness (QED) is 0.523. The molecule has 1 unspecified atom stereocenters. The van der Waals surface area contributed by atoms with Gasteiger partial charge in [0, 0.05) is 48.6 Å². The van der Waals surface area contributed by atoms with Crippen molar-refractivity contribution in [1.82, 2.24) is 19.6 Å². The highest BCUT2D eigenvalue weighted by Crippen LogP contribution is 2.50. The monoisotopic (exact) mass is 402 g/mol. The number of imidazole rings is 1. The van der Waals surface area contributed by atoms with Crippen LogP contribution in [-0.4, -0.2) is 44.2 Å². The summed E-state index contributed by atoms with van der Waals surface area (Å²) < 4.78 is 7.36. The van der Waals surface area contributed by atoms with Crippen molar-refractivity contribution in [1.29, 1.82) is 0 Å². The number of aromatic nitrogens is 3. The van der Waals surface area contributed by atoms with Crippen LogP contribution in [-0.2, 0) is 11.3 Å². The number of nitrogens with zero attached hydrogens (tertiary/aromatic N) is 4. The van der Waals surface area contributed by atoms with Crippen LogP contribution in [0, 0.1) is 29.6 Å². The predicted molar refractivity (Wildman–Crippen MR) is 109 cm³/mol. The van der Waals surface area contributed by atoms with Crippen LogP contribution >= 0.6 is 0 Å². The van der Waals surface area contributed by atoms with Crippen LogP contribution in [0.15, 0.2) is 47.2 Å². The van der Waals surface area contributed by atoms with Crippen LogP contribution in [0.5, 0.6) is 0 Å². The Labute approximate surface area is 174 Å². The maximum Gasteiger partial charge on any atom is 0.209 e. The number of benzene rings is 1. The summed E-state index contributed by atoms with van der Waals surface area (Å²) in [4.78, 5) is 16.8. The Kier molecular flexibility index (Phi) is 4.64. The van der Waals surface area contributed by atoms with Gasteiger partial charge in [0.05, 0.1) is 6.54 Å². The van der Waals surface area contributed by atoms with E-state index in [1.165, 1.54) is 0 Å². The fourth-order valence-corrected chi connectivity index (χ4v) is 4.26. The van der Waals surface area contributed by atoms with Gasteiger partial charge in [-0.05, 0) is 43.0 Å². The Morgan fingerprint density at radius 2 is 2.07 bits per heavy atom. The number of fused-ring (bicyclic) bond motifs is 1. The van der Waals surface area contributed by atoms with E-state index < -0.39 is 6.10 Å². The highest BCUT2D eigenvalue weighted by atomic mass is 16.5. The van der Waals surface area contributed by atoms with E-state index in [1.807, 2.05) is 46.0 Å². The lowest BCUT2D eigenvalue weighted by Crippen LogP contribution is -2.22. The Morgan fingerprint density at radius 1 is 1.30 bits per heavy atom. The summed E-state index contributed by atoms with van der Waals surface area (Å²) in [5, 5.41) is 13.9. The molecular formula is C23H22N4O3. The second kappa shape index (κ2) is 7.47. The van der Waals surface area contributed by atoms with Crippen LogP contribution < -0.4 is 0 Å². The number of hydrogen-bond donors (Lipinski definition) is 1. The summed E-state index contributed by atoms with van der Waals surface area (Å²) in [5.41, 5.74) is 2.67. The first-order chi connectivity index (χ1) is 14.6. The molecule has 0 bridgehead atoms. The van der Waals surface area contributed by atoms with Gasteiger partial charge in [-0.25, -0.2) is 4.98 Å². The minimum Gasteiger partial charge on any atom is -0.385 e. The number of carbonyl (C=O) groups is 1. The molecule has 4 atom stereocenters. The number of piperidine rings is 1. The van der Waals surface area contributed by atoms with Crippen LogP contribution in [0.2, 0.25) is 0 Å². The van der Waals surface area contributed by atoms with E-state index in [0.717, 1.165) is 36.3 Å². The number of hydrogen-bond acceptors (Lipinski definition) is 5. The zero-order valence-electron chi connectivity index (χ0n) is 16.6. The predicted octanol–water partition coefficient (Wildman–Crippen LogP) is 2.33. The lowest BCUT2D eigenvalue weighted by atomic mass is 10.1. The average Bonchev–Trinajstić information content (AvgIpc) is 3.25. The fraction of sp³-hybridized carbons (Fsp3) is 0.348. The molecule has 1 amide bonds. The molecule has 7 nitrogen and oxygen atoms in total. The zero-order chi connectivity index (χ0) is 20.7. The van der Waals surface area contributed by atoms with E-state index in [4.69, 9.17) is 4.52 Å². The second-order valence-electron chi connectivity index (χ2n) is 8.03. The normalized spacial score (nSPS) is 22.9. The molecule has 1 saturated heterocycles. The first-order valence-electron chi connectivity index (χ1n) is 10.1. The molecule has 0 spiro atoms. The largest absolute Gasteiger partial charge is 0.385 e. The summed E-state index contributed by atoms with van der Waals surface area (Å²) in [6.45, 7) is 3.86. The number of rotatable bonds is 5. The van der Waals surface area contributed by atoms with Gasteiger partial charge in [0.2, 0.25) is 6.41 Å². The Hall–Kier alpha value is -3.37. The topological polar surface area (TPSA) is 84.4 Å². The lowest BCUT2D eigenvalue weighted by Gasteiger charge is -2.10. The Balaban J connectivity index is 1.23. The van der Waals surface area contributed by atoms with Gasteiger partial charge in [-0.2, -0.15) is 0 Å². The van der Waals surface area contributed by atoms with Crippen molar-refractivity contribution in [2.45, 2.75) is 19.6 Å². The summed E-state index contributed by atoms with van der Waals surface area (Å²) in [6.07, 6.45) is 3.77. The van der Waals surface area contributed by atoms with E-state index in [-0.39, 0.29) is 0 Å². The van der Waals surface area contributed by atoms with Crippen molar-refractivity contribution in [3.05, 3.63) is 59.8 Å². The molecule has 2 aliphatic rings. The molecule has 1 aromatic carbocycles.